The van der Waals surface area contributed by atoms with Crippen LogP contribution in [0.5, 0.6) is 0 Å². The highest BCUT2D eigenvalue weighted by molar-refractivity contribution is 5.95. The molecule has 5 heteroatoms. The maximum Gasteiger partial charge on any atom is 0.254 e. The number of aryl methyl sites for hydroxylation is 1. The molecule has 0 bridgehead atoms. The fraction of sp³-hybridized carbons (Fsp3) is 0.529. The molecular weight excluding hydrogens is 278 g/mol. The second kappa shape index (κ2) is 6.48. The molecule has 1 heterocycles. The molecule has 1 aromatic carbocycles. The van der Waals surface area contributed by atoms with E-state index in [0.717, 1.165) is 37.1 Å². The van der Waals surface area contributed by atoms with E-state index in [-0.39, 0.29) is 11.8 Å². The SMILES string of the molecule is Cc1ccccc1C(=O)N1CCN(CC(=O)NC2CC2)CC1. The van der Waals surface area contributed by atoms with Gasteiger partial charge in [-0.1, -0.05) is 18.2 Å². The molecule has 1 aliphatic carbocycles. The van der Waals surface area contributed by atoms with Crippen LogP contribution in [0.25, 0.3) is 0 Å². The van der Waals surface area contributed by atoms with Crippen LogP contribution in [0, 0.1) is 6.92 Å². The molecule has 1 saturated carbocycles. The van der Waals surface area contributed by atoms with Gasteiger partial charge in [-0.3, -0.25) is 14.5 Å². The quantitative estimate of drug-likeness (QED) is 0.904. The molecule has 5 nitrogen and oxygen atoms in total. The molecule has 0 spiro atoms. The lowest BCUT2D eigenvalue weighted by molar-refractivity contribution is -0.122. The maximum absolute atomic E-state index is 12.5. The molecule has 1 aliphatic heterocycles. The van der Waals surface area contributed by atoms with Crippen molar-refractivity contribution in [2.75, 3.05) is 32.7 Å². The number of hydrogen-bond acceptors (Lipinski definition) is 3. The van der Waals surface area contributed by atoms with Gasteiger partial charge >= 0.3 is 0 Å². The van der Waals surface area contributed by atoms with Crippen LogP contribution in [0.15, 0.2) is 24.3 Å². The zero-order chi connectivity index (χ0) is 15.5. The number of carbonyl (C=O) groups excluding carboxylic acids is 2. The second-order valence-electron chi connectivity index (χ2n) is 6.23. The molecule has 0 atom stereocenters. The summed E-state index contributed by atoms with van der Waals surface area (Å²) in [6.07, 6.45) is 2.23. The van der Waals surface area contributed by atoms with E-state index in [0.29, 0.717) is 25.7 Å². The average Bonchev–Trinajstić information content (AvgIpc) is 3.31. The van der Waals surface area contributed by atoms with Gasteiger partial charge in [0.05, 0.1) is 6.54 Å². The van der Waals surface area contributed by atoms with Gasteiger partial charge in [-0.05, 0) is 31.4 Å². The monoisotopic (exact) mass is 301 g/mol. The first-order valence-electron chi connectivity index (χ1n) is 8.00. The van der Waals surface area contributed by atoms with Crippen molar-refractivity contribution in [3.05, 3.63) is 35.4 Å². The summed E-state index contributed by atoms with van der Waals surface area (Å²) in [5.41, 5.74) is 1.79. The highest BCUT2D eigenvalue weighted by atomic mass is 16.2. The fourth-order valence-electron chi connectivity index (χ4n) is 2.80. The van der Waals surface area contributed by atoms with Crippen LogP contribution < -0.4 is 5.32 Å². The summed E-state index contributed by atoms with van der Waals surface area (Å²) in [4.78, 5) is 28.4. The number of nitrogens with zero attached hydrogens (tertiary/aromatic N) is 2. The summed E-state index contributed by atoms with van der Waals surface area (Å²) < 4.78 is 0. The Morgan fingerprint density at radius 1 is 1.14 bits per heavy atom. The van der Waals surface area contributed by atoms with Crippen molar-refractivity contribution in [1.82, 2.24) is 15.1 Å². The summed E-state index contributed by atoms with van der Waals surface area (Å²) in [5, 5.41) is 3.01. The normalized spacial score (nSPS) is 19.0. The molecule has 2 fully saturated rings. The third kappa shape index (κ3) is 3.65. The van der Waals surface area contributed by atoms with Crippen molar-refractivity contribution in [2.24, 2.45) is 0 Å². The minimum absolute atomic E-state index is 0.0974. The van der Waals surface area contributed by atoms with Crippen LogP contribution in [0.3, 0.4) is 0 Å². The molecule has 1 saturated heterocycles. The van der Waals surface area contributed by atoms with Crippen LogP contribution in [0.4, 0.5) is 0 Å². The molecule has 2 aliphatic rings. The van der Waals surface area contributed by atoms with Crippen LogP contribution in [-0.4, -0.2) is 60.4 Å². The van der Waals surface area contributed by atoms with Crippen molar-refractivity contribution >= 4 is 11.8 Å². The summed E-state index contributed by atoms with van der Waals surface area (Å²) in [5.74, 6) is 0.210. The number of benzene rings is 1. The lowest BCUT2D eigenvalue weighted by Gasteiger charge is -2.34. The molecule has 3 rings (SSSR count). The summed E-state index contributed by atoms with van der Waals surface area (Å²) in [7, 11) is 0. The van der Waals surface area contributed by atoms with Gasteiger partial charge in [-0.15, -0.1) is 0 Å². The Bertz CT molecular complexity index is 561. The van der Waals surface area contributed by atoms with E-state index in [1.54, 1.807) is 0 Å². The van der Waals surface area contributed by atoms with E-state index >= 15 is 0 Å². The molecule has 22 heavy (non-hydrogen) atoms. The largest absolute Gasteiger partial charge is 0.352 e. The van der Waals surface area contributed by atoms with Crippen molar-refractivity contribution < 1.29 is 9.59 Å². The summed E-state index contributed by atoms with van der Waals surface area (Å²) in [6, 6.07) is 8.11. The number of amides is 2. The first-order chi connectivity index (χ1) is 10.6. The molecule has 0 unspecified atom stereocenters. The van der Waals surface area contributed by atoms with Crippen LogP contribution in [0.2, 0.25) is 0 Å². The molecule has 0 aromatic heterocycles. The number of piperazine rings is 1. The predicted molar refractivity (Wildman–Crippen MR) is 84.7 cm³/mol. The van der Waals surface area contributed by atoms with E-state index in [1.165, 1.54) is 0 Å². The molecule has 118 valence electrons. The Hall–Kier alpha value is -1.88. The Kier molecular flexibility index (Phi) is 4.43. The minimum atomic E-state index is 0.0974. The number of hydrogen-bond donors (Lipinski definition) is 1. The maximum atomic E-state index is 12.5. The van der Waals surface area contributed by atoms with E-state index in [2.05, 4.69) is 10.2 Å². The molecule has 1 N–H and O–H groups in total. The highest BCUT2D eigenvalue weighted by Crippen LogP contribution is 2.18. The van der Waals surface area contributed by atoms with Crippen molar-refractivity contribution in [1.29, 1.82) is 0 Å². The average molecular weight is 301 g/mol. The highest BCUT2D eigenvalue weighted by Gasteiger charge is 2.26. The lowest BCUT2D eigenvalue weighted by Crippen LogP contribution is -2.51. The number of rotatable bonds is 4. The Labute approximate surface area is 131 Å². The molecular formula is C17H23N3O2. The molecule has 1 aromatic rings. The topological polar surface area (TPSA) is 52.7 Å². The molecule has 0 radical (unpaired) electrons. The minimum Gasteiger partial charge on any atom is -0.352 e. The lowest BCUT2D eigenvalue weighted by atomic mass is 10.1. The summed E-state index contributed by atoms with van der Waals surface area (Å²) in [6.45, 7) is 5.30. The van der Waals surface area contributed by atoms with Crippen LogP contribution >= 0.6 is 0 Å². The van der Waals surface area contributed by atoms with Crippen molar-refractivity contribution in [3.63, 3.8) is 0 Å². The van der Waals surface area contributed by atoms with Crippen molar-refractivity contribution in [2.45, 2.75) is 25.8 Å². The van der Waals surface area contributed by atoms with E-state index in [4.69, 9.17) is 0 Å². The van der Waals surface area contributed by atoms with Crippen molar-refractivity contribution in [3.8, 4) is 0 Å². The van der Waals surface area contributed by atoms with Gasteiger partial charge in [-0.2, -0.15) is 0 Å². The zero-order valence-electron chi connectivity index (χ0n) is 13.0. The number of carbonyl (C=O) groups is 2. The van der Waals surface area contributed by atoms with E-state index in [9.17, 15) is 9.59 Å². The van der Waals surface area contributed by atoms with Gasteiger partial charge in [-0.25, -0.2) is 0 Å². The van der Waals surface area contributed by atoms with Gasteiger partial charge in [0.25, 0.3) is 5.91 Å². The van der Waals surface area contributed by atoms with E-state index in [1.807, 2.05) is 36.1 Å². The first kappa shape index (κ1) is 15.0. The third-order valence-corrected chi connectivity index (χ3v) is 4.34. The van der Waals surface area contributed by atoms with Gasteiger partial charge < -0.3 is 10.2 Å². The van der Waals surface area contributed by atoms with Crippen LogP contribution in [-0.2, 0) is 4.79 Å². The Morgan fingerprint density at radius 2 is 1.82 bits per heavy atom. The fourth-order valence-corrected chi connectivity index (χ4v) is 2.80. The van der Waals surface area contributed by atoms with Gasteiger partial charge in [0.1, 0.15) is 0 Å². The Morgan fingerprint density at radius 3 is 2.45 bits per heavy atom. The third-order valence-electron chi connectivity index (χ3n) is 4.34. The smallest absolute Gasteiger partial charge is 0.254 e. The Balaban J connectivity index is 1.49. The van der Waals surface area contributed by atoms with Crippen LogP contribution in [0.1, 0.15) is 28.8 Å². The second-order valence-corrected chi connectivity index (χ2v) is 6.23. The first-order valence-corrected chi connectivity index (χ1v) is 8.00. The predicted octanol–water partition coefficient (Wildman–Crippen LogP) is 1.03. The summed E-state index contributed by atoms with van der Waals surface area (Å²) >= 11 is 0. The number of nitrogens with one attached hydrogen (secondary N) is 1. The van der Waals surface area contributed by atoms with Gasteiger partial charge in [0.15, 0.2) is 0 Å². The molecule has 2 amide bonds. The standard InChI is InChI=1S/C17H23N3O2/c1-13-4-2-3-5-15(13)17(22)20-10-8-19(9-11-20)12-16(21)18-14-6-7-14/h2-5,14H,6-12H2,1H3,(H,18,21). The van der Waals surface area contributed by atoms with Gasteiger partial charge in [0, 0.05) is 37.8 Å². The van der Waals surface area contributed by atoms with Gasteiger partial charge in [0.2, 0.25) is 5.91 Å². The van der Waals surface area contributed by atoms with E-state index < -0.39 is 0 Å². The zero-order valence-corrected chi connectivity index (χ0v) is 13.0.